The van der Waals surface area contributed by atoms with Gasteiger partial charge in [0.15, 0.2) is 0 Å². The maximum absolute atomic E-state index is 6.49. The van der Waals surface area contributed by atoms with Gasteiger partial charge >= 0.3 is 0 Å². The Bertz CT molecular complexity index is 449. The van der Waals surface area contributed by atoms with E-state index in [0.29, 0.717) is 13.0 Å². The number of nitrogens with zero attached hydrogens (tertiary/aromatic N) is 2. The van der Waals surface area contributed by atoms with Crippen LogP contribution in [-0.4, -0.2) is 28.0 Å². The highest BCUT2D eigenvalue weighted by Crippen LogP contribution is 2.28. The molecule has 0 aliphatic heterocycles. The zero-order valence-electron chi connectivity index (χ0n) is 13.9. The van der Waals surface area contributed by atoms with Crippen molar-refractivity contribution >= 4 is 11.6 Å². The van der Waals surface area contributed by atoms with Gasteiger partial charge < -0.3 is 4.74 Å². The molecule has 1 rings (SSSR count). The number of ether oxygens (including phenoxy) is 1. The Balaban J connectivity index is 3.08. The molecule has 2 unspecified atom stereocenters. The van der Waals surface area contributed by atoms with Crippen LogP contribution in [0, 0.1) is 0 Å². The van der Waals surface area contributed by atoms with Gasteiger partial charge in [-0.3, -0.25) is 16.0 Å². The third-order valence-electron chi connectivity index (χ3n) is 4.21. The molecule has 5 nitrogen and oxygen atoms in total. The number of hydrogen-bond acceptors (Lipinski definition) is 4. The minimum absolute atomic E-state index is 0.0216. The lowest BCUT2D eigenvalue weighted by molar-refractivity contribution is -0.0554. The largest absolute Gasteiger partial charge is 0.374 e. The van der Waals surface area contributed by atoms with Gasteiger partial charge in [0, 0.05) is 19.6 Å². The van der Waals surface area contributed by atoms with Gasteiger partial charge in [-0.2, -0.15) is 5.10 Å². The quantitative estimate of drug-likeness (QED) is 0.543. The van der Waals surface area contributed by atoms with E-state index in [0.717, 1.165) is 35.8 Å². The van der Waals surface area contributed by atoms with Gasteiger partial charge in [0.25, 0.3) is 0 Å². The molecule has 2 atom stereocenters. The van der Waals surface area contributed by atoms with Crippen molar-refractivity contribution in [3.63, 3.8) is 0 Å². The smallest absolute Gasteiger partial charge is 0.0850 e. The number of hydrogen-bond donors (Lipinski definition) is 2. The topological polar surface area (TPSA) is 65.1 Å². The third kappa shape index (κ3) is 3.97. The van der Waals surface area contributed by atoms with Crippen LogP contribution >= 0.6 is 11.6 Å². The molecular formula is C15H29ClN4O. The molecular weight excluding hydrogens is 288 g/mol. The molecule has 0 aliphatic rings. The molecule has 122 valence electrons. The molecule has 0 bridgehead atoms. The van der Waals surface area contributed by atoms with Crippen molar-refractivity contribution in [2.24, 2.45) is 5.84 Å². The molecule has 3 N–H and O–H groups in total. The van der Waals surface area contributed by atoms with E-state index in [2.05, 4.69) is 38.2 Å². The Morgan fingerprint density at radius 2 is 2.05 bits per heavy atom. The summed E-state index contributed by atoms with van der Waals surface area (Å²) in [7, 11) is 0. The minimum atomic E-state index is -0.331. The second-order valence-corrected chi connectivity index (χ2v) is 5.78. The summed E-state index contributed by atoms with van der Waals surface area (Å²) in [5.41, 5.74) is 4.55. The van der Waals surface area contributed by atoms with E-state index in [1.807, 2.05) is 11.6 Å². The normalized spacial score (nSPS) is 16.0. The minimum Gasteiger partial charge on any atom is -0.374 e. The van der Waals surface area contributed by atoms with Crippen LogP contribution in [0.15, 0.2) is 0 Å². The summed E-state index contributed by atoms with van der Waals surface area (Å²) in [6.45, 7) is 11.8. The van der Waals surface area contributed by atoms with Crippen LogP contribution in [0.1, 0.15) is 52.4 Å². The first-order valence-electron chi connectivity index (χ1n) is 7.81. The number of aromatic nitrogens is 2. The molecule has 0 saturated heterocycles. The standard InChI is InChI=1S/C15H29ClN4O/c1-6-11-14(16)12(20(8-3)19-11)10-13(18-17)15(5,7-2)21-9-4/h13,18H,6-10,17H2,1-5H3. The van der Waals surface area contributed by atoms with Gasteiger partial charge in [0.1, 0.15) is 0 Å². The molecule has 0 aromatic carbocycles. The summed E-state index contributed by atoms with van der Waals surface area (Å²) in [6, 6.07) is -0.0216. The van der Waals surface area contributed by atoms with Crippen molar-refractivity contribution < 1.29 is 4.74 Å². The summed E-state index contributed by atoms with van der Waals surface area (Å²) in [4.78, 5) is 0. The van der Waals surface area contributed by atoms with E-state index >= 15 is 0 Å². The fraction of sp³-hybridized carbons (Fsp3) is 0.800. The molecule has 1 aromatic rings. The van der Waals surface area contributed by atoms with Crippen LogP contribution in [0.5, 0.6) is 0 Å². The second-order valence-electron chi connectivity index (χ2n) is 5.40. The van der Waals surface area contributed by atoms with E-state index in [4.69, 9.17) is 22.2 Å². The van der Waals surface area contributed by atoms with Crippen molar-refractivity contribution in [3.8, 4) is 0 Å². The summed E-state index contributed by atoms with van der Waals surface area (Å²) < 4.78 is 7.90. The first kappa shape index (κ1) is 18.4. The van der Waals surface area contributed by atoms with Crippen LogP contribution < -0.4 is 11.3 Å². The number of aryl methyl sites for hydroxylation is 2. The highest BCUT2D eigenvalue weighted by atomic mass is 35.5. The molecule has 0 saturated carbocycles. The molecule has 0 fully saturated rings. The number of nitrogens with two attached hydrogens (primary N) is 1. The average molecular weight is 317 g/mol. The predicted octanol–water partition coefficient (Wildman–Crippen LogP) is 2.70. The number of halogens is 1. The third-order valence-corrected chi connectivity index (χ3v) is 4.64. The van der Waals surface area contributed by atoms with E-state index in [-0.39, 0.29) is 11.6 Å². The van der Waals surface area contributed by atoms with Crippen molar-refractivity contribution in [2.75, 3.05) is 6.61 Å². The molecule has 0 amide bonds. The molecule has 6 heteroatoms. The Hall–Kier alpha value is -0.620. The maximum Gasteiger partial charge on any atom is 0.0850 e. The molecule has 1 heterocycles. The van der Waals surface area contributed by atoms with Crippen molar-refractivity contribution in [3.05, 3.63) is 16.4 Å². The van der Waals surface area contributed by atoms with Crippen LogP contribution in [0.25, 0.3) is 0 Å². The summed E-state index contributed by atoms with van der Waals surface area (Å²) in [6.07, 6.45) is 2.39. The lowest BCUT2D eigenvalue weighted by Gasteiger charge is -2.36. The summed E-state index contributed by atoms with van der Waals surface area (Å²) >= 11 is 6.49. The molecule has 0 radical (unpaired) electrons. The molecule has 21 heavy (non-hydrogen) atoms. The van der Waals surface area contributed by atoms with Crippen molar-refractivity contribution in [1.29, 1.82) is 0 Å². The predicted molar refractivity (Wildman–Crippen MR) is 87.4 cm³/mol. The first-order chi connectivity index (χ1) is 9.97. The molecule has 0 spiro atoms. The zero-order valence-corrected chi connectivity index (χ0v) is 14.6. The van der Waals surface area contributed by atoms with E-state index in [9.17, 15) is 0 Å². The SMILES string of the molecule is CCOC(C)(CC)C(Cc1c(Cl)c(CC)nn1CC)NN. The van der Waals surface area contributed by atoms with Gasteiger partial charge in [-0.1, -0.05) is 25.4 Å². The second kappa shape index (κ2) is 8.13. The van der Waals surface area contributed by atoms with E-state index in [1.165, 1.54) is 0 Å². The molecule has 0 aliphatic carbocycles. The average Bonchev–Trinajstić information content (AvgIpc) is 2.80. The number of rotatable bonds is 9. The highest BCUT2D eigenvalue weighted by molar-refractivity contribution is 6.31. The van der Waals surface area contributed by atoms with Gasteiger partial charge in [-0.15, -0.1) is 0 Å². The number of hydrazine groups is 1. The fourth-order valence-corrected chi connectivity index (χ4v) is 2.98. The van der Waals surface area contributed by atoms with Gasteiger partial charge in [0.2, 0.25) is 0 Å². The Labute approximate surface area is 133 Å². The Morgan fingerprint density at radius 1 is 1.38 bits per heavy atom. The summed E-state index contributed by atoms with van der Waals surface area (Å²) in [5.74, 6) is 5.79. The Kier molecular flexibility index (Phi) is 7.13. The fourth-order valence-electron chi connectivity index (χ4n) is 2.64. The van der Waals surface area contributed by atoms with E-state index in [1.54, 1.807) is 0 Å². The first-order valence-corrected chi connectivity index (χ1v) is 8.19. The van der Waals surface area contributed by atoms with Gasteiger partial charge in [-0.05, 0) is 33.6 Å². The van der Waals surface area contributed by atoms with Gasteiger partial charge in [0.05, 0.1) is 28.1 Å². The lowest BCUT2D eigenvalue weighted by atomic mass is 9.90. The monoisotopic (exact) mass is 316 g/mol. The lowest BCUT2D eigenvalue weighted by Crippen LogP contribution is -2.54. The van der Waals surface area contributed by atoms with Crippen LogP contribution in [0.2, 0.25) is 5.02 Å². The van der Waals surface area contributed by atoms with Crippen LogP contribution in [0.4, 0.5) is 0 Å². The Morgan fingerprint density at radius 3 is 2.48 bits per heavy atom. The van der Waals surface area contributed by atoms with Crippen LogP contribution in [-0.2, 0) is 24.1 Å². The molecule has 1 aromatic heterocycles. The highest BCUT2D eigenvalue weighted by Gasteiger charge is 2.34. The van der Waals surface area contributed by atoms with Gasteiger partial charge in [-0.25, -0.2) is 0 Å². The summed E-state index contributed by atoms with van der Waals surface area (Å²) in [5, 5.41) is 5.32. The van der Waals surface area contributed by atoms with Crippen molar-refractivity contribution in [2.45, 2.75) is 72.1 Å². The van der Waals surface area contributed by atoms with Crippen molar-refractivity contribution in [1.82, 2.24) is 15.2 Å². The zero-order chi connectivity index (χ0) is 16.0. The van der Waals surface area contributed by atoms with Crippen LogP contribution in [0.3, 0.4) is 0 Å². The maximum atomic E-state index is 6.49. The number of nitrogens with one attached hydrogen (secondary N) is 1. The van der Waals surface area contributed by atoms with E-state index < -0.39 is 0 Å².